The number of nitrogens with zero attached hydrogens (tertiary/aromatic N) is 5. The van der Waals surface area contributed by atoms with Gasteiger partial charge >= 0.3 is 0 Å². The molecule has 0 saturated carbocycles. The highest BCUT2D eigenvalue weighted by molar-refractivity contribution is 5.80. The molecule has 0 N–H and O–H groups in total. The van der Waals surface area contributed by atoms with Crippen LogP contribution in [0.15, 0.2) is 53.7 Å². The molecule has 8 nitrogen and oxygen atoms in total. The molecule has 1 aliphatic heterocycles. The second-order valence-electron chi connectivity index (χ2n) is 6.59. The Hall–Kier alpha value is -3.00. The average Bonchev–Trinajstić information content (AvgIpc) is 3.07. The van der Waals surface area contributed by atoms with Crippen molar-refractivity contribution in [3.63, 3.8) is 0 Å². The van der Waals surface area contributed by atoms with Gasteiger partial charge in [0.05, 0.1) is 29.9 Å². The van der Waals surface area contributed by atoms with E-state index >= 15 is 0 Å². The zero-order valence-electron chi connectivity index (χ0n) is 14.9. The van der Waals surface area contributed by atoms with Crippen molar-refractivity contribution in [3.05, 3.63) is 59.3 Å². The lowest BCUT2D eigenvalue weighted by Crippen LogP contribution is -2.41. The molecule has 140 valence electrons. The molecule has 1 amide bonds. The number of benzene rings is 1. The highest BCUT2D eigenvalue weighted by atomic mass is 16.5. The molecule has 0 bridgehead atoms. The Morgan fingerprint density at radius 2 is 2.15 bits per heavy atom. The number of rotatable bonds is 4. The van der Waals surface area contributed by atoms with Crippen LogP contribution in [-0.4, -0.2) is 55.9 Å². The minimum Gasteiger partial charge on any atom is -0.374 e. The summed E-state index contributed by atoms with van der Waals surface area (Å²) in [4.78, 5) is 31.1. The van der Waals surface area contributed by atoms with Crippen molar-refractivity contribution >= 4 is 16.9 Å². The van der Waals surface area contributed by atoms with E-state index in [9.17, 15) is 9.59 Å². The summed E-state index contributed by atoms with van der Waals surface area (Å²) in [6.45, 7) is 2.29. The minimum atomic E-state index is -0.277. The van der Waals surface area contributed by atoms with E-state index in [0.717, 1.165) is 6.42 Å². The molecule has 27 heavy (non-hydrogen) atoms. The van der Waals surface area contributed by atoms with Gasteiger partial charge in [-0.3, -0.25) is 18.8 Å². The number of para-hydroxylation sites is 2. The third kappa shape index (κ3) is 3.90. The van der Waals surface area contributed by atoms with Gasteiger partial charge in [-0.1, -0.05) is 12.1 Å². The summed E-state index contributed by atoms with van der Waals surface area (Å²) >= 11 is 0. The van der Waals surface area contributed by atoms with E-state index in [4.69, 9.17) is 4.74 Å². The van der Waals surface area contributed by atoms with Gasteiger partial charge < -0.3 is 9.64 Å². The summed E-state index contributed by atoms with van der Waals surface area (Å²) in [5, 5.41) is 4.21. The molecule has 2 aromatic heterocycles. The molecule has 1 saturated heterocycles. The van der Waals surface area contributed by atoms with Crippen LogP contribution in [0.25, 0.3) is 11.0 Å². The first-order valence-corrected chi connectivity index (χ1v) is 9.02. The first kappa shape index (κ1) is 17.4. The van der Waals surface area contributed by atoms with Crippen LogP contribution in [0.2, 0.25) is 0 Å². The molecule has 3 aromatic rings. The molecule has 0 radical (unpaired) electrons. The summed E-state index contributed by atoms with van der Waals surface area (Å²) in [7, 11) is 0. The van der Waals surface area contributed by atoms with E-state index in [-0.39, 0.29) is 24.1 Å². The number of ether oxygens (including phenoxy) is 1. The van der Waals surface area contributed by atoms with Crippen molar-refractivity contribution in [3.8, 4) is 0 Å². The van der Waals surface area contributed by atoms with E-state index in [1.807, 2.05) is 36.5 Å². The van der Waals surface area contributed by atoms with Gasteiger partial charge in [0, 0.05) is 32.1 Å². The fourth-order valence-corrected chi connectivity index (χ4v) is 3.36. The van der Waals surface area contributed by atoms with Crippen molar-refractivity contribution < 1.29 is 9.53 Å². The second kappa shape index (κ2) is 7.71. The van der Waals surface area contributed by atoms with Crippen LogP contribution in [0.4, 0.5) is 0 Å². The lowest BCUT2D eigenvalue weighted by molar-refractivity contribution is -0.132. The molecule has 1 atom stereocenters. The monoisotopic (exact) mass is 367 g/mol. The van der Waals surface area contributed by atoms with Crippen LogP contribution >= 0.6 is 0 Å². The summed E-state index contributed by atoms with van der Waals surface area (Å²) in [5.74, 6) is -0.0931. The molecule has 0 aliphatic carbocycles. The van der Waals surface area contributed by atoms with Crippen molar-refractivity contribution in [2.75, 3.05) is 19.7 Å². The number of carbonyl (C=O) groups excluding carboxylic acids is 1. The molecule has 1 aromatic carbocycles. The van der Waals surface area contributed by atoms with Gasteiger partial charge in [0.2, 0.25) is 5.91 Å². The van der Waals surface area contributed by atoms with Crippen LogP contribution in [0, 0.1) is 0 Å². The van der Waals surface area contributed by atoms with Crippen LogP contribution in [-0.2, 0) is 22.6 Å². The van der Waals surface area contributed by atoms with E-state index in [1.165, 1.54) is 10.8 Å². The Bertz CT molecular complexity index is 982. The van der Waals surface area contributed by atoms with Crippen LogP contribution < -0.4 is 5.56 Å². The highest BCUT2D eigenvalue weighted by Crippen LogP contribution is 2.11. The van der Waals surface area contributed by atoms with Gasteiger partial charge in [-0.15, -0.1) is 0 Å². The predicted molar refractivity (Wildman–Crippen MR) is 99.2 cm³/mol. The second-order valence-corrected chi connectivity index (χ2v) is 6.59. The van der Waals surface area contributed by atoms with Crippen LogP contribution in [0.5, 0.6) is 0 Å². The fraction of sp³-hybridized carbons (Fsp3) is 0.368. The first-order chi connectivity index (χ1) is 13.2. The van der Waals surface area contributed by atoms with E-state index in [0.29, 0.717) is 37.3 Å². The predicted octanol–water partition coefficient (Wildman–Crippen LogP) is 0.911. The molecule has 4 rings (SSSR count). The summed E-state index contributed by atoms with van der Waals surface area (Å²) in [6.07, 6.45) is 5.51. The number of fused-ring (bicyclic) bond motifs is 1. The van der Waals surface area contributed by atoms with Crippen molar-refractivity contribution in [1.29, 1.82) is 0 Å². The zero-order valence-corrected chi connectivity index (χ0v) is 14.9. The third-order valence-electron chi connectivity index (χ3n) is 4.70. The summed E-state index contributed by atoms with van der Waals surface area (Å²) in [6, 6.07) is 9.20. The Balaban J connectivity index is 1.52. The molecule has 1 aliphatic rings. The number of carbonyl (C=O) groups is 1. The van der Waals surface area contributed by atoms with Gasteiger partial charge in [0.25, 0.3) is 5.56 Å². The average molecular weight is 367 g/mol. The van der Waals surface area contributed by atoms with Gasteiger partial charge in [0.15, 0.2) is 0 Å². The normalized spacial score (nSPS) is 17.8. The standard InChI is InChI=1S/C19H21N5O3/c25-18-11-20-16-5-1-2-6-17(16)24(18)14-19(26)22-8-4-10-27-15(12-22)13-23-9-3-7-21-23/h1-3,5-7,9,11,15H,4,8,10,12-14H2/t15-/m1/s1. The van der Waals surface area contributed by atoms with Crippen molar-refractivity contribution in [1.82, 2.24) is 24.2 Å². The maximum Gasteiger partial charge on any atom is 0.269 e. The van der Waals surface area contributed by atoms with Gasteiger partial charge in [0.1, 0.15) is 6.54 Å². The summed E-state index contributed by atoms with van der Waals surface area (Å²) < 4.78 is 9.16. The fourth-order valence-electron chi connectivity index (χ4n) is 3.36. The lowest BCUT2D eigenvalue weighted by Gasteiger charge is -2.24. The maximum atomic E-state index is 12.9. The maximum absolute atomic E-state index is 12.9. The quantitative estimate of drug-likeness (QED) is 0.685. The lowest BCUT2D eigenvalue weighted by atomic mass is 10.2. The van der Waals surface area contributed by atoms with Gasteiger partial charge in [-0.25, -0.2) is 4.98 Å². The number of amides is 1. The van der Waals surface area contributed by atoms with Gasteiger partial charge in [-0.2, -0.15) is 5.10 Å². The Kier molecular flexibility index (Phi) is 4.97. The Morgan fingerprint density at radius 1 is 1.26 bits per heavy atom. The molecule has 8 heteroatoms. The van der Waals surface area contributed by atoms with Gasteiger partial charge in [-0.05, 0) is 24.6 Å². The highest BCUT2D eigenvalue weighted by Gasteiger charge is 2.23. The molecular weight excluding hydrogens is 346 g/mol. The topological polar surface area (TPSA) is 82.3 Å². The zero-order chi connectivity index (χ0) is 18.6. The van der Waals surface area contributed by atoms with E-state index < -0.39 is 0 Å². The summed E-state index contributed by atoms with van der Waals surface area (Å²) in [5.41, 5.74) is 1.08. The smallest absolute Gasteiger partial charge is 0.269 e. The third-order valence-corrected chi connectivity index (χ3v) is 4.70. The van der Waals surface area contributed by atoms with Crippen LogP contribution in [0.1, 0.15) is 6.42 Å². The molecular formula is C19H21N5O3. The largest absolute Gasteiger partial charge is 0.374 e. The van der Waals surface area contributed by atoms with Crippen molar-refractivity contribution in [2.45, 2.75) is 25.6 Å². The number of hydrogen-bond acceptors (Lipinski definition) is 5. The molecule has 3 heterocycles. The SMILES string of the molecule is O=C(Cn1c(=O)cnc2ccccc21)N1CCCO[C@@H](Cn2cccn2)C1. The van der Waals surface area contributed by atoms with E-state index in [1.54, 1.807) is 15.8 Å². The Morgan fingerprint density at radius 3 is 3.00 bits per heavy atom. The van der Waals surface area contributed by atoms with E-state index in [2.05, 4.69) is 10.1 Å². The number of aromatic nitrogens is 4. The minimum absolute atomic E-state index is 0.00361. The first-order valence-electron chi connectivity index (χ1n) is 9.02. The molecule has 0 unspecified atom stereocenters. The molecule has 1 fully saturated rings. The van der Waals surface area contributed by atoms with Crippen LogP contribution in [0.3, 0.4) is 0 Å². The van der Waals surface area contributed by atoms with Crippen molar-refractivity contribution in [2.24, 2.45) is 0 Å². The Labute approximate surface area is 156 Å². The number of hydrogen-bond donors (Lipinski definition) is 0. The molecule has 0 spiro atoms.